The Morgan fingerprint density at radius 3 is 2.00 bits per heavy atom. The number of aryl methyl sites for hydroxylation is 2. The number of carbonyl (C=O) groups is 3. The highest BCUT2D eigenvalue weighted by molar-refractivity contribution is 6.01. The monoisotopic (exact) mass is 407 g/mol. The summed E-state index contributed by atoms with van der Waals surface area (Å²) < 4.78 is 5.43. The van der Waals surface area contributed by atoms with Crippen molar-refractivity contribution in [3.8, 4) is 0 Å². The molecule has 0 spiro atoms. The minimum Gasteiger partial charge on any atom is -0.462 e. The number of esters is 1. The number of benzene rings is 2. The van der Waals surface area contributed by atoms with Gasteiger partial charge in [-0.2, -0.15) is 0 Å². The summed E-state index contributed by atoms with van der Waals surface area (Å²) in [4.78, 5) is 38.0. The maximum absolute atomic E-state index is 12.4. The molecule has 0 N–H and O–H groups in total. The van der Waals surface area contributed by atoms with Crippen LogP contribution >= 0.6 is 0 Å². The summed E-state index contributed by atoms with van der Waals surface area (Å²) in [5, 5.41) is 0. The van der Waals surface area contributed by atoms with Gasteiger partial charge in [0.05, 0.1) is 5.92 Å². The Morgan fingerprint density at radius 1 is 0.933 bits per heavy atom. The predicted octanol–water partition coefficient (Wildman–Crippen LogP) is 3.95. The number of hydrogen-bond acceptors (Lipinski definition) is 4. The Kier molecular flexibility index (Phi) is 7.77. The number of nitrogens with zero attached hydrogens (tertiary/aromatic N) is 1. The molecule has 0 radical (unpaired) electrons. The third kappa shape index (κ3) is 6.02. The normalized spacial score (nSPS) is 16.6. The Bertz CT molecular complexity index is 850. The van der Waals surface area contributed by atoms with E-state index in [2.05, 4.69) is 0 Å². The van der Waals surface area contributed by atoms with E-state index in [1.165, 1.54) is 16.0 Å². The van der Waals surface area contributed by atoms with Crippen LogP contribution in [0.25, 0.3) is 0 Å². The molecule has 1 heterocycles. The minimum atomic E-state index is -0.505. The smallest absolute Gasteiger partial charge is 0.306 e. The molecule has 1 aliphatic rings. The Hall–Kier alpha value is -2.95. The van der Waals surface area contributed by atoms with Crippen molar-refractivity contribution in [1.29, 1.82) is 0 Å². The zero-order chi connectivity index (χ0) is 21.3. The van der Waals surface area contributed by atoms with Gasteiger partial charge in [-0.3, -0.25) is 19.3 Å². The van der Waals surface area contributed by atoms with Crippen LogP contribution in [0.2, 0.25) is 0 Å². The first kappa shape index (κ1) is 21.8. The quantitative estimate of drug-likeness (QED) is 0.442. The molecule has 158 valence electrons. The molecule has 1 fully saturated rings. The molecule has 5 nitrogen and oxygen atoms in total. The summed E-state index contributed by atoms with van der Waals surface area (Å²) in [5.74, 6) is -1.09. The van der Waals surface area contributed by atoms with Crippen molar-refractivity contribution >= 4 is 17.8 Å². The average Bonchev–Trinajstić information content (AvgIpc) is 2.74. The predicted molar refractivity (Wildman–Crippen MR) is 115 cm³/mol. The number of ether oxygens (including phenoxy) is 1. The summed E-state index contributed by atoms with van der Waals surface area (Å²) in [6.07, 6.45) is 3.22. The molecule has 2 aromatic rings. The van der Waals surface area contributed by atoms with Gasteiger partial charge in [0.1, 0.15) is 6.10 Å². The van der Waals surface area contributed by atoms with E-state index in [1.807, 2.05) is 60.7 Å². The lowest BCUT2D eigenvalue weighted by atomic mass is 9.92. The zero-order valence-corrected chi connectivity index (χ0v) is 17.5. The van der Waals surface area contributed by atoms with Crippen molar-refractivity contribution in [3.63, 3.8) is 0 Å². The van der Waals surface area contributed by atoms with E-state index in [9.17, 15) is 14.4 Å². The first-order valence-corrected chi connectivity index (χ1v) is 10.7. The van der Waals surface area contributed by atoms with Gasteiger partial charge in [-0.05, 0) is 43.7 Å². The van der Waals surface area contributed by atoms with Crippen molar-refractivity contribution < 1.29 is 19.1 Å². The van der Waals surface area contributed by atoms with E-state index in [-0.39, 0.29) is 17.8 Å². The number of imide groups is 1. The maximum atomic E-state index is 12.4. The van der Waals surface area contributed by atoms with Gasteiger partial charge in [0.25, 0.3) is 0 Å². The molecule has 3 rings (SSSR count). The summed E-state index contributed by atoms with van der Waals surface area (Å²) in [7, 11) is 0. The number of amides is 2. The van der Waals surface area contributed by atoms with E-state index < -0.39 is 12.0 Å². The molecule has 1 aliphatic heterocycles. The van der Waals surface area contributed by atoms with Crippen LogP contribution in [0.3, 0.4) is 0 Å². The second-order valence-corrected chi connectivity index (χ2v) is 7.82. The average molecular weight is 408 g/mol. The van der Waals surface area contributed by atoms with Crippen LogP contribution in [0.15, 0.2) is 60.7 Å². The Labute approximate surface area is 178 Å². The molecule has 5 heteroatoms. The molecule has 0 aromatic heterocycles. The van der Waals surface area contributed by atoms with E-state index in [0.29, 0.717) is 32.2 Å². The summed E-state index contributed by atoms with van der Waals surface area (Å²) >= 11 is 0. The van der Waals surface area contributed by atoms with Crippen LogP contribution in [0.4, 0.5) is 0 Å². The van der Waals surface area contributed by atoms with Gasteiger partial charge in [0.2, 0.25) is 11.8 Å². The Balaban J connectivity index is 1.33. The van der Waals surface area contributed by atoms with Crippen LogP contribution in [0, 0.1) is 5.92 Å². The number of likely N-dealkylation sites (tertiary alicyclic amines) is 1. The first-order chi connectivity index (χ1) is 14.5. The molecule has 2 atom stereocenters. The van der Waals surface area contributed by atoms with E-state index >= 15 is 0 Å². The van der Waals surface area contributed by atoms with E-state index in [4.69, 9.17) is 4.74 Å². The molecular formula is C25H29NO4. The first-order valence-electron chi connectivity index (χ1n) is 10.7. The van der Waals surface area contributed by atoms with Gasteiger partial charge in [-0.1, -0.05) is 60.7 Å². The molecule has 0 unspecified atom stereocenters. The number of hydrogen-bond donors (Lipinski definition) is 0. The third-order valence-electron chi connectivity index (χ3n) is 5.54. The number of rotatable bonds is 10. The van der Waals surface area contributed by atoms with Gasteiger partial charge >= 0.3 is 5.97 Å². The highest BCUT2D eigenvalue weighted by atomic mass is 16.5. The summed E-state index contributed by atoms with van der Waals surface area (Å²) in [5.41, 5.74) is 2.37. The lowest BCUT2D eigenvalue weighted by molar-refractivity contribution is -0.169. The van der Waals surface area contributed by atoms with Crippen molar-refractivity contribution in [3.05, 3.63) is 71.8 Å². The van der Waals surface area contributed by atoms with Gasteiger partial charge < -0.3 is 4.74 Å². The van der Waals surface area contributed by atoms with Crippen LogP contribution in [-0.4, -0.2) is 35.3 Å². The Morgan fingerprint density at radius 2 is 1.47 bits per heavy atom. The topological polar surface area (TPSA) is 63.7 Å². The molecule has 1 saturated heterocycles. The molecular weight excluding hydrogens is 378 g/mol. The molecule has 2 aromatic carbocycles. The van der Waals surface area contributed by atoms with Crippen LogP contribution in [-0.2, 0) is 32.0 Å². The standard InChI is InChI=1S/C25H29NO4/c1-19(30-24(28)17-9-15-21-12-6-3-7-13-21)22-18-26(25(22)29)23(27)16-8-14-20-10-4-2-5-11-20/h2-7,10-13,19,22H,8-9,14-18H2,1H3/t19-,22+/m1/s1. The zero-order valence-electron chi connectivity index (χ0n) is 17.5. The molecule has 0 aliphatic carbocycles. The fourth-order valence-corrected chi connectivity index (χ4v) is 3.68. The molecule has 0 saturated carbocycles. The highest BCUT2D eigenvalue weighted by Gasteiger charge is 2.44. The van der Waals surface area contributed by atoms with Gasteiger partial charge in [-0.25, -0.2) is 0 Å². The van der Waals surface area contributed by atoms with E-state index in [0.717, 1.165) is 12.8 Å². The lowest BCUT2D eigenvalue weighted by Crippen LogP contribution is -2.59. The largest absolute Gasteiger partial charge is 0.462 e. The fraction of sp³-hybridized carbons (Fsp3) is 0.400. The van der Waals surface area contributed by atoms with Crippen molar-refractivity contribution in [1.82, 2.24) is 4.90 Å². The van der Waals surface area contributed by atoms with Gasteiger partial charge in [0, 0.05) is 19.4 Å². The van der Waals surface area contributed by atoms with Gasteiger partial charge in [-0.15, -0.1) is 0 Å². The van der Waals surface area contributed by atoms with Crippen molar-refractivity contribution in [2.75, 3.05) is 6.54 Å². The molecule has 0 bridgehead atoms. The maximum Gasteiger partial charge on any atom is 0.306 e. The summed E-state index contributed by atoms with van der Waals surface area (Å²) in [6.45, 7) is 2.07. The molecule has 2 amide bonds. The van der Waals surface area contributed by atoms with Crippen LogP contribution < -0.4 is 0 Å². The van der Waals surface area contributed by atoms with E-state index in [1.54, 1.807) is 6.92 Å². The van der Waals surface area contributed by atoms with Gasteiger partial charge in [0.15, 0.2) is 0 Å². The fourth-order valence-electron chi connectivity index (χ4n) is 3.68. The second kappa shape index (κ2) is 10.7. The number of β-lactam (4-membered cyclic amide) rings is 1. The highest BCUT2D eigenvalue weighted by Crippen LogP contribution is 2.25. The molecule has 30 heavy (non-hydrogen) atoms. The van der Waals surface area contributed by atoms with Crippen molar-refractivity contribution in [2.45, 2.75) is 51.6 Å². The SMILES string of the molecule is C[C@@H](OC(=O)CCCc1ccccc1)[C@@H]1CN(C(=O)CCCc2ccccc2)C1=O. The van der Waals surface area contributed by atoms with Crippen LogP contribution in [0.1, 0.15) is 43.7 Å². The van der Waals surface area contributed by atoms with Crippen LogP contribution in [0.5, 0.6) is 0 Å². The lowest BCUT2D eigenvalue weighted by Gasteiger charge is -2.39. The second-order valence-electron chi connectivity index (χ2n) is 7.82. The summed E-state index contributed by atoms with van der Waals surface area (Å²) in [6, 6.07) is 20.0. The third-order valence-corrected chi connectivity index (χ3v) is 5.54. The number of carbonyl (C=O) groups excluding carboxylic acids is 3. The minimum absolute atomic E-state index is 0.145. The van der Waals surface area contributed by atoms with Crippen molar-refractivity contribution in [2.24, 2.45) is 5.92 Å².